The van der Waals surface area contributed by atoms with Gasteiger partial charge in [-0.1, -0.05) is 11.6 Å². The molecule has 1 unspecified atom stereocenters. The minimum atomic E-state index is -0.795. The minimum Gasteiger partial charge on any atom is -0.481 e. The normalized spacial score (nSPS) is 12.4. The second-order valence-electron chi connectivity index (χ2n) is 3.14. The largest absolute Gasteiger partial charge is 0.481 e. The molecule has 2 aromatic rings. The van der Waals surface area contributed by atoms with E-state index in [0.717, 1.165) is 0 Å². The molecule has 0 saturated carbocycles. The van der Waals surface area contributed by atoms with Crippen molar-refractivity contribution in [2.75, 3.05) is 7.11 Å². The SMILES string of the molecule is COc1ncccc1C(O)c1sccc1Cl. The quantitative estimate of drug-likeness (QED) is 0.917. The summed E-state index contributed by atoms with van der Waals surface area (Å²) >= 11 is 7.38. The Balaban J connectivity index is 2.41. The van der Waals surface area contributed by atoms with Crippen LogP contribution in [0.5, 0.6) is 5.88 Å². The van der Waals surface area contributed by atoms with Gasteiger partial charge in [-0.25, -0.2) is 4.98 Å². The molecule has 0 amide bonds. The number of rotatable bonds is 3. The molecule has 0 spiro atoms. The lowest BCUT2D eigenvalue weighted by Crippen LogP contribution is -2.02. The summed E-state index contributed by atoms with van der Waals surface area (Å²) in [6.45, 7) is 0. The van der Waals surface area contributed by atoms with Crippen molar-refractivity contribution in [2.45, 2.75) is 6.10 Å². The molecule has 0 radical (unpaired) electrons. The Morgan fingerprint density at radius 2 is 2.31 bits per heavy atom. The van der Waals surface area contributed by atoms with Gasteiger partial charge >= 0.3 is 0 Å². The first kappa shape index (κ1) is 11.4. The summed E-state index contributed by atoms with van der Waals surface area (Å²) in [6.07, 6.45) is 0.821. The van der Waals surface area contributed by atoms with E-state index in [2.05, 4.69) is 4.98 Å². The van der Waals surface area contributed by atoms with Crippen LogP contribution in [0, 0.1) is 0 Å². The molecule has 2 heterocycles. The summed E-state index contributed by atoms with van der Waals surface area (Å²) in [6, 6.07) is 5.28. The van der Waals surface area contributed by atoms with Gasteiger partial charge in [-0.2, -0.15) is 0 Å². The van der Waals surface area contributed by atoms with Gasteiger partial charge in [0.05, 0.1) is 17.0 Å². The van der Waals surface area contributed by atoms with Crippen LogP contribution in [0.15, 0.2) is 29.8 Å². The van der Waals surface area contributed by atoms with Crippen molar-refractivity contribution < 1.29 is 9.84 Å². The third-order valence-corrected chi connectivity index (χ3v) is 3.59. The van der Waals surface area contributed by atoms with Crippen molar-refractivity contribution in [3.63, 3.8) is 0 Å². The third-order valence-electron chi connectivity index (χ3n) is 2.18. The molecule has 84 valence electrons. The number of aliphatic hydroxyl groups is 1. The van der Waals surface area contributed by atoms with E-state index in [1.165, 1.54) is 18.4 Å². The van der Waals surface area contributed by atoms with Gasteiger partial charge < -0.3 is 9.84 Å². The molecular weight excluding hydrogens is 246 g/mol. The standard InChI is InChI=1S/C11H10ClNO2S/c1-15-11-7(3-2-5-13-11)9(14)10-8(12)4-6-16-10/h2-6,9,14H,1H3. The molecule has 0 aliphatic rings. The van der Waals surface area contributed by atoms with Crippen LogP contribution in [-0.2, 0) is 0 Å². The Morgan fingerprint density at radius 3 is 2.94 bits per heavy atom. The topological polar surface area (TPSA) is 42.4 Å². The van der Waals surface area contributed by atoms with Crippen LogP contribution in [0.1, 0.15) is 16.5 Å². The Kier molecular flexibility index (Phi) is 3.43. The van der Waals surface area contributed by atoms with Gasteiger partial charge in [-0.15, -0.1) is 11.3 Å². The van der Waals surface area contributed by atoms with E-state index >= 15 is 0 Å². The molecule has 0 aliphatic carbocycles. The molecule has 0 bridgehead atoms. The zero-order valence-corrected chi connectivity index (χ0v) is 10.1. The molecule has 0 aliphatic heterocycles. The fourth-order valence-corrected chi connectivity index (χ4v) is 2.59. The second kappa shape index (κ2) is 4.82. The van der Waals surface area contributed by atoms with Crippen LogP contribution in [0.25, 0.3) is 0 Å². The second-order valence-corrected chi connectivity index (χ2v) is 4.49. The molecule has 0 aromatic carbocycles. The molecule has 16 heavy (non-hydrogen) atoms. The predicted molar refractivity (Wildman–Crippen MR) is 64.2 cm³/mol. The summed E-state index contributed by atoms with van der Waals surface area (Å²) in [4.78, 5) is 4.74. The molecule has 1 atom stereocenters. The first-order valence-electron chi connectivity index (χ1n) is 4.64. The Morgan fingerprint density at radius 1 is 1.50 bits per heavy atom. The van der Waals surface area contributed by atoms with E-state index in [-0.39, 0.29) is 0 Å². The number of hydrogen-bond acceptors (Lipinski definition) is 4. The van der Waals surface area contributed by atoms with E-state index in [1.807, 2.05) is 5.38 Å². The average molecular weight is 256 g/mol. The Bertz CT molecular complexity index is 486. The maximum absolute atomic E-state index is 10.2. The van der Waals surface area contributed by atoms with Crippen molar-refractivity contribution in [3.8, 4) is 5.88 Å². The third kappa shape index (κ3) is 2.04. The number of hydrogen-bond donors (Lipinski definition) is 1. The van der Waals surface area contributed by atoms with E-state index in [1.54, 1.807) is 24.4 Å². The fraction of sp³-hybridized carbons (Fsp3) is 0.182. The van der Waals surface area contributed by atoms with Crippen LogP contribution in [0.3, 0.4) is 0 Å². The van der Waals surface area contributed by atoms with Gasteiger partial charge in [0, 0.05) is 11.8 Å². The first-order chi connectivity index (χ1) is 7.74. The zero-order chi connectivity index (χ0) is 11.5. The lowest BCUT2D eigenvalue weighted by molar-refractivity contribution is 0.217. The molecule has 5 heteroatoms. The average Bonchev–Trinajstić information content (AvgIpc) is 2.74. The first-order valence-corrected chi connectivity index (χ1v) is 5.89. The lowest BCUT2D eigenvalue weighted by Gasteiger charge is -2.12. The maximum Gasteiger partial charge on any atom is 0.219 e. The molecule has 2 rings (SSSR count). The number of methoxy groups -OCH3 is 1. The summed E-state index contributed by atoms with van der Waals surface area (Å²) in [5.74, 6) is 0.416. The number of halogens is 1. The highest BCUT2D eigenvalue weighted by molar-refractivity contribution is 7.10. The maximum atomic E-state index is 10.2. The number of aromatic nitrogens is 1. The van der Waals surface area contributed by atoms with E-state index in [4.69, 9.17) is 16.3 Å². The van der Waals surface area contributed by atoms with Crippen molar-refractivity contribution in [1.29, 1.82) is 0 Å². The van der Waals surface area contributed by atoms with Gasteiger partial charge in [0.2, 0.25) is 5.88 Å². The van der Waals surface area contributed by atoms with Crippen molar-refractivity contribution >= 4 is 22.9 Å². The minimum absolute atomic E-state index is 0.416. The monoisotopic (exact) mass is 255 g/mol. The van der Waals surface area contributed by atoms with Crippen molar-refractivity contribution in [2.24, 2.45) is 0 Å². The Hall–Kier alpha value is -1.10. The highest BCUT2D eigenvalue weighted by Gasteiger charge is 2.19. The van der Waals surface area contributed by atoms with Crippen LogP contribution in [0.4, 0.5) is 0 Å². The summed E-state index contributed by atoms with van der Waals surface area (Å²) in [5.41, 5.74) is 0.620. The lowest BCUT2D eigenvalue weighted by atomic mass is 10.1. The highest BCUT2D eigenvalue weighted by Crippen LogP contribution is 2.35. The van der Waals surface area contributed by atoms with Crippen LogP contribution >= 0.6 is 22.9 Å². The fourth-order valence-electron chi connectivity index (χ4n) is 1.42. The predicted octanol–water partition coefficient (Wildman–Crippen LogP) is 2.89. The van der Waals surface area contributed by atoms with Gasteiger partial charge in [-0.05, 0) is 23.6 Å². The summed E-state index contributed by atoms with van der Waals surface area (Å²) in [7, 11) is 1.52. The molecule has 0 saturated heterocycles. The number of thiophene rings is 1. The van der Waals surface area contributed by atoms with Crippen molar-refractivity contribution in [3.05, 3.63) is 45.2 Å². The van der Waals surface area contributed by atoms with Gasteiger partial charge in [0.1, 0.15) is 6.10 Å². The van der Waals surface area contributed by atoms with Crippen LogP contribution < -0.4 is 4.74 Å². The molecule has 2 aromatic heterocycles. The zero-order valence-electron chi connectivity index (χ0n) is 8.55. The molecule has 1 N–H and O–H groups in total. The molecule has 0 fully saturated rings. The van der Waals surface area contributed by atoms with Crippen LogP contribution in [0.2, 0.25) is 5.02 Å². The van der Waals surface area contributed by atoms with Gasteiger partial charge in [0.25, 0.3) is 0 Å². The highest BCUT2D eigenvalue weighted by atomic mass is 35.5. The number of ether oxygens (including phenoxy) is 1. The smallest absolute Gasteiger partial charge is 0.219 e. The number of pyridine rings is 1. The van der Waals surface area contributed by atoms with E-state index in [9.17, 15) is 5.11 Å². The van der Waals surface area contributed by atoms with Gasteiger partial charge in [0.15, 0.2) is 0 Å². The molecular formula is C11H10ClNO2S. The summed E-state index contributed by atoms with van der Waals surface area (Å²) in [5, 5.41) is 12.6. The van der Waals surface area contributed by atoms with Gasteiger partial charge in [-0.3, -0.25) is 0 Å². The van der Waals surface area contributed by atoms with Crippen LogP contribution in [-0.4, -0.2) is 17.2 Å². The Labute approximate surface area is 102 Å². The molecule has 3 nitrogen and oxygen atoms in total. The summed E-state index contributed by atoms with van der Waals surface area (Å²) < 4.78 is 5.09. The number of aliphatic hydroxyl groups excluding tert-OH is 1. The van der Waals surface area contributed by atoms with Crippen molar-refractivity contribution in [1.82, 2.24) is 4.98 Å². The van der Waals surface area contributed by atoms with E-state index in [0.29, 0.717) is 21.3 Å². The van der Waals surface area contributed by atoms with E-state index < -0.39 is 6.10 Å². The number of nitrogens with zero attached hydrogens (tertiary/aromatic N) is 1.